The fourth-order valence-electron chi connectivity index (χ4n) is 3.79. The van der Waals surface area contributed by atoms with Gasteiger partial charge in [0.05, 0.1) is 13.2 Å². The molecule has 4 rings (SSSR count). The highest BCUT2D eigenvalue weighted by molar-refractivity contribution is 5.62. The first-order chi connectivity index (χ1) is 12.7. The van der Waals surface area contributed by atoms with Gasteiger partial charge in [0.2, 0.25) is 0 Å². The Morgan fingerprint density at radius 2 is 1.73 bits per heavy atom. The summed E-state index contributed by atoms with van der Waals surface area (Å²) in [6, 6.07) is 22.6. The van der Waals surface area contributed by atoms with E-state index in [0.717, 1.165) is 29.0 Å². The number of nitrogens with one attached hydrogen (secondary N) is 1. The van der Waals surface area contributed by atoms with Crippen molar-refractivity contribution in [2.24, 2.45) is 0 Å². The zero-order valence-corrected chi connectivity index (χ0v) is 15.1. The molecule has 0 aromatic heterocycles. The van der Waals surface area contributed by atoms with Crippen LogP contribution in [0.15, 0.2) is 66.7 Å². The summed E-state index contributed by atoms with van der Waals surface area (Å²) in [5.41, 5.74) is 5.73. The van der Waals surface area contributed by atoms with Crippen molar-refractivity contribution in [2.75, 3.05) is 12.4 Å². The fourth-order valence-corrected chi connectivity index (χ4v) is 3.79. The summed E-state index contributed by atoms with van der Waals surface area (Å²) in [6.45, 7) is 2.10. The molecule has 0 bridgehead atoms. The predicted molar refractivity (Wildman–Crippen MR) is 105 cm³/mol. The number of methoxy groups -OCH3 is 1. The van der Waals surface area contributed by atoms with Crippen molar-refractivity contribution in [2.45, 2.75) is 25.3 Å². The molecule has 2 N–H and O–H groups in total. The van der Waals surface area contributed by atoms with Crippen LogP contribution in [-0.2, 0) is 0 Å². The van der Waals surface area contributed by atoms with Gasteiger partial charge in [-0.15, -0.1) is 0 Å². The Kier molecular flexibility index (Phi) is 4.29. The third-order valence-electron chi connectivity index (χ3n) is 5.23. The Hall–Kier alpha value is -2.94. The first-order valence-corrected chi connectivity index (χ1v) is 8.94. The minimum Gasteiger partial charge on any atom is -0.508 e. The lowest BCUT2D eigenvalue weighted by molar-refractivity contribution is 0.413. The Balaban J connectivity index is 1.80. The summed E-state index contributed by atoms with van der Waals surface area (Å²) in [5, 5.41) is 14.1. The van der Waals surface area contributed by atoms with Gasteiger partial charge in [-0.25, -0.2) is 0 Å². The molecule has 3 heteroatoms. The average Bonchev–Trinajstić information content (AvgIpc) is 2.68. The van der Waals surface area contributed by atoms with E-state index in [1.165, 1.54) is 11.1 Å². The van der Waals surface area contributed by atoms with Gasteiger partial charge < -0.3 is 15.2 Å². The van der Waals surface area contributed by atoms with Gasteiger partial charge >= 0.3 is 0 Å². The molecule has 0 spiro atoms. The summed E-state index contributed by atoms with van der Waals surface area (Å²) < 4.78 is 5.43. The maximum atomic E-state index is 10.5. The summed E-state index contributed by atoms with van der Waals surface area (Å²) in [4.78, 5) is 0. The molecular weight excluding hydrogens is 322 g/mol. The Bertz CT molecular complexity index is 918. The number of anilines is 1. The average molecular weight is 345 g/mol. The summed E-state index contributed by atoms with van der Waals surface area (Å²) in [6.07, 6.45) is 0.876. The van der Waals surface area contributed by atoms with E-state index in [0.29, 0.717) is 5.75 Å². The van der Waals surface area contributed by atoms with E-state index in [1.54, 1.807) is 13.2 Å². The SMILES string of the molecule is COc1ccc2c(c1)[C@@H](c1ccccc1O)C[C@@H](c1ccc(C)cc1)N2. The number of hydrogen-bond donors (Lipinski definition) is 2. The molecule has 0 amide bonds. The normalized spacial score (nSPS) is 18.7. The van der Waals surface area contributed by atoms with Crippen molar-refractivity contribution in [1.29, 1.82) is 0 Å². The Labute approximate surface area is 154 Å². The van der Waals surface area contributed by atoms with Crippen molar-refractivity contribution in [3.63, 3.8) is 0 Å². The van der Waals surface area contributed by atoms with E-state index in [2.05, 4.69) is 48.6 Å². The van der Waals surface area contributed by atoms with Gasteiger partial charge in [-0.05, 0) is 48.7 Å². The van der Waals surface area contributed by atoms with Crippen LogP contribution in [0.25, 0.3) is 0 Å². The number of para-hydroxylation sites is 1. The van der Waals surface area contributed by atoms with Gasteiger partial charge in [0.25, 0.3) is 0 Å². The fraction of sp³-hybridized carbons (Fsp3) is 0.217. The lowest BCUT2D eigenvalue weighted by Crippen LogP contribution is -2.22. The molecule has 1 heterocycles. The standard InChI is InChI=1S/C23H23NO2/c1-15-7-9-16(10-8-15)22-14-19(18-5-3-4-6-23(18)25)20-13-17(26-2)11-12-21(20)24-22/h3-13,19,22,24-25H,14H2,1-2H3/t19-,22+/m1/s1. The number of benzene rings is 3. The van der Waals surface area contributed by atoms with E-state index in [4.69, 9.17) is 4.74 Å². The molecule has 1 aliphatic rings. The highest BCUT2D eigenvalue weighted by Crippen LogP contribution is 2.46. The van der Waals surface area contributed by atoms with Crippen LogP contribution in [0.2, 0.25) is 0 Å². The van der Waals surface area contributed by atoms with Crippen LogP contribution in [0, 0.1) is 6.92 Å². The number of rotatable bonds is 3. The number of ether oxygens (including phenoxy) is 1. The second-order valence-corrected chi connectivity index (χ2v) is 6.91. The number of phenols is 1. The molecule has 132 valence electrons. The smallest absolute Gasteiger partial charge is 0.119 e. The van der Waals surface area contributed by atoms with Crippen molar-refractivity contribution >= 4 is 5.69 Å². The third kappa shape index (κ3) is 3.01. The van der Waals surface area contributed by atoms with Gasteiger partial charge in [0.15, 0.2) is 0 Å². The number of hydrogen-bond acceptors (Lipinski definition) is 3. The molecule has 0 unspecified atom stereocenters. The minimum absolute atomic E-state index is 0.105. The zero-order chi connectivity index (χ0) is 18.1. The van der Waals surface area contributed by atoms with Gasteiger partial charge in [-0.1, -0.05) is 48.0 Å². The zero-order valence-electron chi connectivity index (χ0n) is 15.1. The minimum atomic E-state index is 0.105. The Morgan fingerprint density at radius 3 is 2.46 bits per heavy atom. The predicted octanol–water partition coefficient (Wildman–Crippen LogP) is 5.40. The largest absolute Gasteiger partial charge is 0.508 e. The van der Waals surface area contributed by atoms with Crippen molar-refractivity contribution in [3.05, 3.63) is 89.0 Å². The molecule has 3 aromatic carbocycles. The first kappa shape index (κ1) is 16.5. The topological polar surface area (TPSA) is 41.5 Å². The molecular formula is C23H23NO2. The molecule has 0 saturated heterocycles. The first-order valence-electron chi connectivity index (χ1n) is 8.94. The molecule has 2 atom stereocenters. The van der Waals surface area contributed by atoms with Gasteiger partial charge in [-0.3, -0.25) is 0 Å². The van der Waals surface area contributed by atoms with Gasteiger partial charge in [0, 0.05) is 17.2 Å². The number of fused-ring (bicyclic) bond motifs is 1. The van der Waals surface area contributed by atoms with E-state index in [1.807, 2.05) is 24.3 Å². The molecule has 26 heavy (non-hydrogen) atoms. The van der Waals surface area contributed by atoms with Gasteiger partial charge in [0.1, 0.15) is 11.5 Å². The molecule has 3 aromatic rings. The van der Waals surface area contributed by atoms with Crippen LogP contribution in [0.5, 0.6) is 11.5 Å². The summed E-state index contributed by atoms with van der Waals surface area (Å²) >= 11 is 0. The van der Waals surface area contributed by atoms with E-state index in [-0.39, 0.29) is 12.0 Å². The van der Waals surface area contributed by atoms with Crippen LogP contribution in [-0.4, -0.2) is 12.2 Å². The second kappa shape index (κ2) is 6.75. The lowest BCUT2D eigenvalue weighted by Gasteiger charge is -2.34. The van der Waals surface area contributed by atoms with E-state index in [9.17, 15) is 5.11 Å². The van der Waals surface area contributed by atoms with Crippen LogP contribution in [0.1, 0.15) is 40.6 Å². The quantitative estimate of drug-likeness (QED) is 0.668. The molecule has 0 radical (unpaired) electrons. The summed E-state index contributed by atoms with van der Waals surface area (Å²) in [5.74, 6) is 1.28. The maximum Gasteiger partial charge on any atom is 0.119 e. The van der Waals surface area contributed by atoms with E-state index < -0.39 is 0 Å². The van der Waals surface area contributed by atoms with Crippen LogP contribution >= 0.6 is 0 Å². The van der Waals surface area contributed by atoms with Crippen molar-refractivity contribution < 1.29 is 9.84 Å². The molecule has 0 fully saturated rings. The number of aryl methyl sites for hydroxylation is 1. The maximum absolute atomic E-state index is 10.5. The molecule has 1 aliphatic heterocycles. The Morgan fingerprint density at radius 1 is 0.962 bits per heavy atom. The van der Waals surface area contributed by atoms with Crippen molar-refractivity contribution in [1.82, 2.24) is 0 Å². The monoisotopic (exact) mass is 345 g/mol. The third-order valence-corrected chi connectivity index (χ3v) is 5.23. The highest BCUT2D eigenvalue weighted by atomic mass is 16.5. The van der Waals surface area contributed by atoms with Crippen LogP contribution < -0.4 is 10.1 Å². The number of aromatic hydroxyl groups is 1. The molecule has 3 nitrogen and oxygen atoms in total. The van der Waals surface area contributed by atoms with Gasteiger partial charge in [-0.2, -0.15) is 0 Å². The van der Waals surface area contributed by atoms with Crippen LogP contribution in [0.4, 0.5) is 5.69 Å². The summed E-state index contributed by atoms with van der Waals surface area (Å²) in [7, 11) is 1.68. The van der Waals surface area contributed by atoms with Crippen molar-refractivity contribution in [3.8, 4) is 11.5 Å². The second-order valence-electron chi connectivity index (χ2n) is 6.91. The van der Waals surface area contributed by atoms with Crippen LogP contribution in [0.3, 0.4) is 0 Å². The molecule has 0 saturated carbocycles. The number of phenolic OH excluding ortho intramolecular Hbond substituents is 1. The highest BCUT2D eigenvalue weighted by Gasteiger charge is 2.30. The lowest BCUT2D eigenvalue weighted by atomic mass is 9.80. The van der Waals surface area contributed by atoms with E-state index >= 15 is 0 Å². The molecule has 0 aliphatic carbocycles.